The first-order chi connectivity index (χ1) is 12.7. The van der Waals surface area contributed by atoms with E-state index in [-0.39, 0.29) is 5.91 Å². The number of carbonyl (C=O) groups excluding carboxylic acids is 1. The quantitative estimate of drug-likeness (QED) is 0.472. The first-order valence-electron chi connectivity index (χ1n) is 8.57. The van der Waals surface area contributed by atoms with Gasteiger partial charge in [-0.25, -0.2) is 0 Å². The van der Waals surface area contributed by atoms with E-state index in [1.807, 2.05) is 91.0 Å². The second-order valence-corrected chi connectivity index (χ2v) is 6.40. The van der Waals surface area contributed by atoms with Crippen LogP contribution >= 0.6 is 11.6 Å². The highest BCUT2D eigenvalue weighted by atomic mass is 35.5. The predicted molar refractivity (Wildman–Crippen MR) is 109 cm³/mol. The lowest BCUT2D eigenvalue weighted by Crippen LogP contribution is -2.26. The Morgan fingerprint density at radius 2 is 1.46 bits per heavy atom. The summed E-state index contributed by atoms with van der Waals surface area (Å²) in [5, 5.41) is 3.74. The molecule has 0 heterocycles. The molecule has 0 bridgehead atoms. The second kappa shape index (κ2) is 9.02. The van der Waals surface area contributed by atoms with Crippen LogP contribution in [0.5, 0.6) is 0 Å². The van der Waals surface area contributed by atoms with E-state index in [1.165, 1.54) is 0 Å². The Balaban J connectivity index is 1.73. The molecule has 0 atom stereocenters. The van der Waals surface area contributed by atoms with Crippen LogP contribution in [0, 0.1) is 0 Å². The summed E-state index contributed by atoms with van der Waals surface area (Å²) in [4.78, 5) is 12.8. The van der Waals surface area contributed by atoms with Gasteiger partial charge < -0.3 is 5.32 Å². The van der Waals surface area contributed by atoms with Gasteiger partial charge in [0.2, 0.25) is 0 Å². The van der Waals surface area contributed by atoms with Crippen LogP contribution in [0.1, 0.15) is 16.7 Å². The van der Waals surface area contributed by atoms with E-state index in [4.69, 9.17) is 11.6 Å². The van der Waals surface area contributed by atoms with Crippen LogP contribution in [0.3, 0.4) is 0 Å². The second-order valence-electron chi connectivity index (χ2n) is 5.97. The molecule has 0 unspecified atom stereocenters. The minimum absolute atomic E-state index is 0.0750. The first kappa shape index (κ1) is 18.0. The number of amides is 1. The zero-order valence-electron chi connectivity index (χ0n) is 14.4. The van der Waals surface area contributed by atoms with Gasteiger partial charge in [0, 0.05) is 17.1 Å². The van der Waals surface area contributed by atoms with Gasteiger partial charge in [-0.3, -0.25) is 4.79 Å². The van der Waals surface area contributed by atoms with Gasteiger partial charge in [-0.05, 0) is 41.3 Å². The fourth-order valence-corrected chi connectivity index (χ4v) is 2.81. The Labute approximate surface area is 159 Å². The maximum Gasteiger partial charge on any atom is 0.251 e. The van der Waals surface area contributed by atoms with Gasteiger partial charge in [-0.1, -0.05) is 84.4 Å². The molecule has 0 radical (unpaired) electrons. The average Bonchev–Trinajstić information content (AvgIpc) is 2.69. The van der Waals surface area contributed by atoms with Crippen molar-refractivity contribution in [2.24, 2.45) is 0 Å². The van der Waals surface area contributed by atoms with Crippen LogP contribution in [-0.2, 0) is 11.2 Å². The summed E-state index contributed by atoms with van der Waals surface area (Å²) >= 11 is 5.91. The van der Waals surface area contributed by atoms with Gasteiger partial charge in [0.25, 0.3) is 5.91 Å². The zero-order chi connectivity index (χ0) is 18.2. The van der Waals surface area contributed by atoms with Gasteiger partial charge >= 0.3 is 0 Å². The van der Waals surface area contributed by atoms with E-state index < -0.39 is 0 Å². The van der Waals surface area contributed by atoms with Crippen molar-refractivity contribution in [3.8, 4) is 0 Å². The number of hydrogen-bond acceptors (Lipinski definition) is 1. The highest BCUT2D eigenvalue weighted by Gasteiger charge is 2.11. The number of halogens is 1. The summed E-state index contributed by atoms with van der Waals surface area (Å²) in [7, 11) is 0. The van der Waals surface area contributed by atoms with Crippen LogP contribution < -0.4 is 5.32 Å². The minimum atomic E-state index is -0.0750. The third kappa shape index (κ3) is 5.08. The standard InChI is InChI=1S/C23H20ClNO/c24-21-13-11-18(12-14-21)15-16-25-23(26)22(20-9-5-2-6-10-20)17-19-7-3-1-4-8-19/h1-14,17H,15-16H2,(H,25,26)/b22-17+. The van der Waals surface area contributed by atoms with Crippen molar-refractivity contribution < 1.29 is 4.79 Å². The van der Waals surface area contributed by atoms with Crippen molar-refractivity contribution in [2.45, 2.75) is 6.42 Å². The van der Waals surface area contributed by atoms with Crippen molar-refractivity contribution >= 4 is 29.2 Å². The summed E-state index contributed by atoms with van der Waals surface area (Å²) in [6.45, 7) is 0.569. The molecule has 3 heteroatoms. The maximum atomic E-state index is 12.8. The fraction of sp³-hybridized carbons (Fsp3) is 0.0870. The van der Waals surface area contributed by atoms with Gasteiger partial charge in [0.15, 0.2) is 0 Å². The van der Waals surface area contributed by atoms with Crippen molar-refractivity contribution in [3.63, 3.8) is 0 Å². The summed E-state index contributed by atoms with van der Waals surface area (Å²) in [5.41, 5.74) is 3.70. The molecule has 0 fully saturated rings. The van der Waals surface area contributed by atoms with E-state index >= 15 is 0 Å². The molecule has 26 heavy (non-hydrogen) atoms. The summed E-state index contributed by atoms with van der Waals surface area (Å²) in [5.74, 6) is -0.0750. The fourth-order valence-electron chi connectivity index (χ4n) is 2.68. The lowest BCUT2D eigenvalue weighted by atomic mass is 10.0. The van der Waals surface area contributed by atoms with Crippen LogP contribution in [0.15, 0.2) is 84.9 Å². The van der Waals surface area contributed by atoms with E-state index in [1.54, 1.807) is 0 Å². The van der Waals surface area contributed by atoms with Crippen molar-refractivity contribution in [2.75, 3.05) is 6.54 Å². The van der Waals surface area contributed by atoms with Crippen LogP contribution in [0.25, 0.3) is 11.6 Å². The smallest absolute Gasteiger partial charge is 0.251 e. The molecule has 1 N–H and O–H groups in total. The normalized spacial score (nSPS) is 11.2. The molecule has 0 aromatic heterocycles. The number of hydrogen-bond donors (Lipinski definition) is 1. The molecule has 3 aromatic rings. The molecule has 2 nitrogen and oxygen atoms in total. The molecule has 1 amide bonds. The van der Waals surface area contributed by atoms with E-state index in [0.717, 1.165) is 28.1 Å². The van der Waals surface area contributed by atoms with Crippen molar-refractivity contribution in [1.82, 2.24) is 5.32 Å². The van der Waals surface area contributed by atoms with Gasteiger partial charge in [0.1, 0.15) is 0 Å². The number of nitrogens with one attached hydrogen (secondary N) is 1. The summed E-state index contributed by atoms with van der Waals surface area (Å²) in [6, 6.07) is 27.3. The highest BCUT2D eigenvalue weighted by Crippen LogP contribution is 2.18. The minimum Gasteiger partial charge on any atom is -0.352 e. The highest BCUT2D eigenvalue weighted by molar-refractivity contribution is 6.30. The molecule has 130 valence electrons. The molecule has 3 aromatic carbocycles. The Morgan fingerprint density at radius 3 is 2.12 bits per heavy atom. The summed E-state index contributed by atoms with van der Waals surface area (Å²) < 4.78 is 0. The van der Waals surface area contributed by atoms with E-state index in [2.05, 4.69) is 5.32 Å². The Kier molecular flexibility index (Phi) is 6.24. The van der Waals surface area contributed by atoms with E-state index in [9.17, 15) is 4.79 Å². The topological polar surface area (TPSA) is 29.1 Å². The molecular formula is C23H20ClNO. The lowest BCUT2D eigenvalue weighted by Gasteiger charge is -2.10. The monoisotopic (exact) mass is 361 g/mol. The molecule has 0 aliphatic rings. The predicted octanol–water partition coefficient (Wildman–Crippen LogP) is 5.24. The molecule has 0 aliphatic carbocycles. The molecule has 0 spiro atoms. The Hall–Kier alpha value is -2.84. The molecular weight excluding hydrogens is 342 g/mol. The van der Waals surface area contributed by atoms with Gasteiger partial charge in [-0.15, -0.1) is 0 Å². The Bertz CT molecular complexity index is 871. The average molecular weight is 362 g/mol. The third-order valence-corrected chi connectivity index (χ3v) is 4.30. The van der Waals surface area contributed by atoms with Crippen molar-refractivity contribution in [3.05, 3.63) is 107 Å². The molecule has 0 aliphatic heterocycles. The first-order valence-corrected chi connectivity index (χ1v) is 8.95. The van der Waals surface area contributed by atoms with Gasteiger partial charge in [0.05, 0.1) is 0 Å². The largest absolute Gasteiger partial charge is 0.352 e. The van der Waals surface area contributed by atoms with Crippen LogP contribution in [0.4, 0.5) is 0 Å². The summed E-state index contributed by atoms with van der Waals surface area (Å²) in [6.07, 6.45) is 2.68. The molecule has 0 saturated carbocycles. The Morgan fingerprint density at radius 1 is 0.846 bits per heavy atom. The SMILES string of the molecule is O=C(NCCc1ccc(Cl)cc1)/C(=C/c1ccccc1)c1ccccc1. The zero-order valence-corrected chi connectivity index (χ0v) is 15.1. The number of carbonyl (C=O) groups is 1. The van der Waals surface area contributed by atoms with Crippen LogP contribution in [-0.4, -0.2) is 12.5 Å². The van der Waals surface area contributed by atoms with Crippen molar-refractivity contribution in [1.29, 1.82) is 0 Å². The number of benzene rings is 3. The van der Waals surface area contributed by atoms with Gasteiger partial charge in [-0.2, -0.15) is 0 Å². The van der Waals surface area contributed by atoms with Crippen LogP contribution in [0.2, 0.25) is 5.02 Å². The maximum absolute atomic E-state index is 12.8. The molecule has 3 rings (SSSR count). The third-order valence-electron chi connectivity index (χ3n) is 4.05. The number of rotatable bonds is 6. The molecule has 0 saturated heterocycles. The van der Waals surface area contributed by atoms with E-state index in [0.29, 0.717) is 12.1 Å². The lowest BCUT2D eigenvalue weighted by molar-refractivity contribution is -0.115.